The zero-order valence-electron chi connectivity index (χ0n) is 20.0. The van der Waals surface area contributed by atoms with E-state index in [-0.39, 0.29) is 24.3 Å². The smallest absolute Gasteiger partial charge is 0.408 e. The van der Waals surface area contributed by atoms with Crippen LogP contribution in [0.4, 0.5) is 4.79 Å². The Morgan fingerprint density at radius 1 is 1.00 bits per heavy atom. The minimum absolute atomic E-state index is 0.00709. The molecule has 0 aliphatic rings. The van der Waals surface area contributed by atoms with Crippen LogP contribution in [0, 0.1) is 0 Å². The predicted octanol–water partition coefficient (Wildman–Crippen LogP) is 3.12. The molecule has 1 amide bonds. The highest BCUT2D eigenvalue weighted by Crippen LogP contribution is 2.22. The number of methoxy groups -OCH3 is 1. The number of hydrogen-bond acceptors (Lipinski definition) is 8. The van der Waals surface area contributed by atoms with E-state index in [2.05, 4.69) is 10.1 Å². The number of nitrogens with one attached hydrogen (secondary N) is 1. The second-order valence-electron chi connectivity index (χ2n) is 8.50. The predicted molar refractivity (Wildman–Crippen MR) is 124 cm³/mol. The molecule has 0 aromatic heterocycles. The van der Waals surface area contributed by atoms with Crippen LogP contribution in [-0.4, -0.2) is 54.5 Å². The number of ether oxygens (including phenoxy) is 4. The van der Waals surface area contributed by atoms with Crippen molar-refractivity contribution in [1.29, 1.82) is 0 Å². The van der Waals surface area contributed by atoms with Gasteiger partial charge >= 0.3 is 24.0 Å². The lowest BCUT2D eigenvalue weighted by atomic mass is 10.0. The minimum Gasteiger partial charge on any atom is -0.481 e. The molecule has 0 heterocycles. The Labute approximate surface area is 203 Å². The summed E-state index contributed by atoms with van der Waals surface area (Å²) in [7, 11) is 1.18. The molecule has 0 unspecified atom stereocenters. The summed E-state index contributed by atoms with van der Waals surface area (Å²) in [6, 6.07) is 12.0. The van der Waals surface area contributed by atoms with Gasteiger partial charge in [-0.1, -0.05) is 36.4 Å². The first-order valence-corrected chi connectivity index (χ1v) is 10.7. The number of rotatable bonds is 10. The van der Waals surface area contributed by atoms with Crippen molar-refractivity contribution in [1.82, 2.24) is 5.32 Å². The van der Waals surface area contributed by atoms with Crippen molar-refractivity contribution >= 4 is 24.0 Å². The third-order valence-corrected chi connectivity index (χ3v) is 4.49. The molecule has 0 bridgehead atoms. The number of carbonyl (C=O) groups is 4. The summed E-state index contributed by atoms with van der Waals surface area (Å²) in [4.78, 5) is 48.2. The molecule has 2 aromatic rings. The van der Waals surface area contributed by atoms with Gasteiger partial charge in [0.1, 0.15) is 29.6 Å². The minimum atomic E-state index is -1.30. The summed E-state index contributed by atoms with van der Waals surface area (Å²) >= 11 is 0. The van der Waals surface area contributed by atoms with Crippen LogP contribution in [0.1, 0.15) is 42.3 Å². The fourth-order valence-corrected chi connectivity index (χ4v) is 2.90. The molecule has 2 aromatic carbocycles. The highest BCUT2D eigenvalue weighted by Gasteiger charge is 2.27. The first kappa shape index (κ1) is 27.2. The van der Waals surface area contributed by atoms with Crippen molar-refractivity contribution in [2.75, 3.05) is 13.7 Å². The van der Waals surface area contributed by atoms with Crippen LogP contribution in [0.5, 0.6) is 5.75 Å². The molecule has 2 N–H and O–H groups in total. The van der Waals surface area contributed by atoms with E-state index >= 15 is 0 Å². The highest BCUT2D eigenvalue weighted by molar-refractivity contribution is 5.91. The van der Waals surface area contributed by atoms with E-state index in [1.165, 1.54) is 25.3 Å². The lowest BCUT2D eigenvalue weighted by Gasteiger charge is -2.23. The van der Waals surface area contributed by atoms with Crippen LogP contribution < -0.4 is 10.1 Å². The average molecular weight is 488 g/mol. The first-order valence-electron chi connectivity index (χ1n) is 10.7. The van der Waals surface area contributed by atoms with Crippen molar-refractivity contribution in [3.8, 4) is 5.75 Å². The van der Waals surface area contributed by atoms with E-state index in [0.29, 0.717) is 5.56 Å². The lowest BCUT2D eigenvalue weighted by molar-refractivity contribution is -0.147. The van der Waals surface area contributed by atoms with Crippen LogP contribution in [0.3, 0.4) is 0 Å². The standard InChI is InChI=1S/C25H29NO9/c1-25(2,3)35-24(31)26-19(23(30)34-14-16-8-6-5-7-9-16)13-17-10-11-20(18(12-17)22(28)29)33-15-21(27)32-4/h5-12,19H,13-15H2,1-4H3,(H,26,31)(H,28,29)/t19-/m0/s1. The van der Waals surface area contributed by atoms with E-state index in [0.717, 1.165) is 5.56 Å². The van der Waals surface area contributed by atoms with Gasteiger partial charge in [0.05, 0.1) is 7.11 Å². The molecule has 0 saturated carbocycles. The lowest BCUT2D eigenvalue weighted by Crippen LogP contribution is -2.45. The Morgan fingerprint density at radius 2 is 1.69 bits per heavy atom. The molecule has 0 fully saturated rings. The monoisotopic (exact) mass is 487 g/mol. The maximum absolute atomic E-state index is 12.8. The molecule has 10 nitrogen and oxygen atoms in total. The van der Waals surface area contributed by atoms with Crippen molar-refractivity contribution in [2.24, 2.45) is 0 Å². The van der Waals surface area contributed by atoms with Gasteiger partial charge in [0.15, 0.2) is 6.61 Å². The van der Waals surface area contributed by atoms with Crippen LogP contribution in [0.2, 0.25) is 0 Å². The number of esters is 2. The van der Waals surface area contributed by atoms with E-state index in [9.17, 15) is 24.3 Å². The number of carboxylic acids is 1. The van der Waals surface area contributed by atoms with Crippen LogP contribution in [0.15, 0.2) is 48.5 Å². The topological polar surface area (TPSA) is 137 Å². The van der Waals surface area contributed by atoms with Gasteiger partial charge in [-0.25, -0.2) is 19.2 Å². The van der Waals surface area contributed by atoms with Gasteiger partial charge in [0.25, 0.3) is 0 Å². The number of benzene rings is 2. The van der Waals surface area contributed by atoms with Crippen LogP contribution in [-0.2, 0) is 36.8 Å². The van der Waals surface area contributed by atoms with Gasteiger partial charge in [0, 0.05) is 6.42 Å². The second-order valence-corrected chi connectivity index (χ2v) is 8.50. The molecular weight excluding hydrogens is 458 g/mol. The Morgan fingerprint density at radius 3 is 2.29 bits per heavy atom. The summed E-state index contributed by atoms with van der Waals surface area (Å²) in [6.07, 6.45) is -0.902. The highest BCUT2D eigenvalue weighted by atomic mass is 16.6. The fraction of sp³-hybridized carbons (Fsp3) is 0.360. The molecule has 10 heteroatoms. The first-order chi connectivity index (χ1) is 16.5. The van der Waals surface area contributed by atoms with Crippen molar-refractivity contribution in [2.45, 2.75) is 45.4 Å². The van der Waals surface area contributed by atoms with Gasteiger partial charge in [-0.05, 0) is 44.0 Å². The fourth-order valence-electron chi connectivity index (χ4n) is 2.90. The number of aromatic carboxylic acids is 1. The quantitative estimate of drug-likeness (QED) is 0.382. The molecule has 1 atom stereocenters. The molecule has 0 radical (unpaired) electrons. The average Bonchev–Trinajstić information content (AvgIpc) is 2.80. The largest absolute Gasteiger partial charge is 0.481 e. The molecule has 35 heavy (non-hydrogen) atoms. The number of amides is 1. The van der Waals surface area contributed by atoms with E-state index in [4.69, 9.17) is 14.2 Å². The summed E-state index contributed by atoms with van der Waals surface area (Å²) in [5.74, 6) is -2.74. The van der Waals surface area contributed by atoms with Crippen molar-refractivity contribution in [3.63, 3.8) is 0 Å². The Kier molecular flexibility index (Phi) is 9.63. The summed E-state index contributed by atoms with van der Waals surface area (Å²) in [5, 5.41) is 12.1. The van der Waals surface area contributed by atoms with E-state index in [1.807, 2.05) is 6.07 Å². The zero-order valence-corrected chi connectivity index (χ0v) is 20.0. The van der Waals surface area contributed by atoms with Gasteiger partial charge in [-0.3, -0.25) is 0 Å². The molecule has 188 valence electrons. The third-order valence-electron chi connectivity index (χ3n) is 4.49. The number of carboxylic acid groups (broad SMARTS) is 1. The van der Waals surface area contributed by atoms with Crippen LogP contribution >= 0.6 is 0 Å². The van der Waals surface area contributed by atoms with Crippen molar-refractivity contribution in [3.05, 3.63) is 65.2 Å². The van der Waals surface area contributed by atoms with Crippen LogP contribution in [0.25, 0.3) is 0 Å². The third kappa shape index (κ3) is 9.36. The summed E-state index contributed by atoms with van der Waals surface area (Å²) < 4.78 is 20.3. The SMILES string of the molecule is COC(=O)COc1ccc(C[C@H](NC(=O)OC(C)(C)C)C(=O)OCc2ccccc2)cc1C(=O)O. The van der Waals surface area contributed by atoms with E-state index in [1.54, 1.807) is 45.0 Å². The maximum Gasteiger partial charge on any atom is 0.408 e. The molecule has 2 rings (SSSR count). The Balaban J connectivity index is 2.22. The number of carbonyl (C=O) groups excluding carboxylic acids is 3. The summed E-state index contributed by atoms with van der Waals surface area (Å²) in [5.41, 5.74) is 0.153. The van der Waals surface area contributed by atoms with E-state index < -0.39 is 42.3 Å². The second kappa shape index (κ2) is 12.4. The van der Waals surface area contributed by atoms with Gasteiger partial charge < -0.3 is 29.4 Å². The zero-order chi connectivity index (χ0) is 26.0. The Hall–Kier alpha value is -4.08. The van der Waals surface area contributed by atoms with Gasteiger partial charge in [-0.15, -0.1) is 0 Å². The van der Waals surface area contributed by atoms with Gasteiger partial charge in [-0.2, -0.15) is 0 Å². The normalized spacial score (nSPS) is 11.7. The Bertz CT molecular complexity index is 1040. The number of alkyl carbamates (subject to hydrolysis) is 1. The van der Waals surface area contributed by atoms with Crippen molar-refractivity contribution < 1.29 is 43.2 Å². The maximum atomic E-state index is 12.8. The molecule has 0 saturated heterocycles. The molecule has 0 spiro atoms. The molecule has 0 aliphatic carbocycles. The summed E-state index contributed by atoms with van der Waals surface area (Å²) in [6.45, 7) is 4.57. The van der Waals surface area contributed by atoms with Gasteiger partial charge in [0.2, 0.25) is 0 Å². The molecular formula is C25H29NO9. The molecule has 0 aliphatic heterocycles. The number of hydrogen-bond donors (Lipinski definition) is 2.